The Kier molecular flexibility index (Phi) is 3.51. The number of rotatable bonds is 3. The van der Waals surface area contributed by atoms with Gasteiger partial charge in [-0.05, 0) is 26.8 Å². The molecule has 0 saturated carbocycles. The molecule has 2 aromatic heterocycles. The van der Waals surface area contributed by atoms with E-state index in [0.29, 0.717) is 5.56 Å². The van der Waals surface area contributed by atoms with E-state index >= 15 is 0 Å². The lowest BCUT2D eigenvalue weighted by atomic mass is 10.1. The molecule has 0 saturated heterocycles. The summed E-state index contributed by atoms with van der Waals surface area (Å²) in [4.78, 5) is 21.1. The number of H-pyrrole nitrogens is 1. The van der Waals surface area contributed by atoms with Crippen LogP contribution in [0.5, 0.6) is 0 Å². The first-order chi connectivity index (χ1) is 10.1. The largest absolute Gasteiger partial charge is 0.360 e. The predicted molar refractivity (Wildman–Crippen MR) is 85.8 cm³/mol. The van der Waals surface area contributed by atoms with Crippen LogP contribution in [0.25, 0.3) is 10.9 Å². The highest BCUT2D eigenvalue weighted by Crippen LogP contribution is 2.25. The SMILES string of the molecule is Cc1nc(C)c(C(C)NC(=O)c2c[nH]c3ccccc23)s1. The van der Waals surface area contributed by atoms with E-state index < -0.39 is 0 Å². The highest BCUT2D eigenvalue weighted by atomic mass is 32.1. The summed E-state index contributed by atoms with van der Waals surface area (Å²) in [6.45, 7) is 5.95. The third-order valence-electron chi connectivity index (χ3n) is 3.51. The van der Waals surface area contributed by atoms with Gasteiger partial charge < -0.3 is 10.3 Å². The Hall–Kier alpha value is -2.14. The van der Waals surface area contributed by atoms with E-state index in [1.807, 2.05) is 45.0 Å². The number of aryl methyl sites for hydroxylation is 2. The third-order valence-corrected chi connectivity index (χ3v) is 4.77. The molecular weight excluding hydrogens is 282 g/mol. The monoisotopic (exact) mass is 299 g/mol. The van der Waals surface area contributed by atoms with Gasteiger partial charge in [-0.25, -0.2) is 4.98 Å². The molecule has 2 N–H and O–H groups in total. The molecule has 5 heteroatoms. The van der Waals surface area contributed by atoms with Crippen LogP contribution in [0.4, 0.5) is 0 Å². The van der Waals surface area contributed by atoms with Gasteiger partial charge in [0.2, 0.25) is 0 Å². The van der Waals surface area contributed by atoms with Gasteiger partial charge >= 0.3 is 0 Å². The maximum absolute atomic E-state index is 12.5. The molecule has 1 unspecified atom stereocenters. The number of amides is 1. The second kappa shape index (κ2) is 5.33. The molecule has 0 aliphatic heterocycles. The topological polar surface area (TPSA) is 57.8 Å². The van der Waals surface area contributed by atoms with Crippen LogP contribution < -0.4 is 5.32 Å². The summed E-state index contributed by atoms with van der Waals surface area (Å²) in [5, 5.41) is 5.02. The molecule has 0 radical (unpaired) electrons. The van der Waals surface area contributed by atoms with E-state index in [-0.39, 0.29) is 11.9 Å². The van der Waals surface area contributed by atoms with Crippen molar-refractivity contribution < 1.29 is 4.79 Å². The van der Waals surface area contributed by atoms with Crippen LogP contribution in [0.3, 0.4) is 0 Å². The maximum atomic E-state index is 12.5. The van der Waals surface area contributed by atoms with Crippen LogP contribution in [-0.2, 0) is 0 Å². The highest BCUT2D eigenvalue weighted by Gasteiger charge is 2.18. The van der Waals surface area contributed by atoms with E-state index in [1.165, 1.54) is 0 Å². The molecule has 0 aliphatic rings. The number of nitrogens with zero attached hydrogens (tertiary/aromatic N) is 1. The summed E-state index contributed by atoms with van der Waals surface area (Å²) in [6.07, 6.45) is 1.76. The number of fused-ring (bicyclic) bond motifs is 1. The number of para-hydroxylation sites is 1. The summed E-state index contributed by atoms with van der Waals surface area (Å²) >= 11 is 1.63. The van der Waals surface area contributed by atoms with Gasteiger partial charge in [-0.2, -0.15) is 0 Å². The predicted octanol–water partition coefficient (Wildman–Crippen LogP) is 3.73. The quantitative estimate of drug-likeness (QED) is 0.774. The molecule has 0 bridgehead atoms. The van der Waals surface area contributed by atoms with Crippen LogP contribution in [-0.4, -0.2) is 15.9 Å². The van der Waals surface area contributed by atoms with Gasteiger partial charge in [0.1, 0.15) is 0 Å². The highest BCUT2D eigenvalue weighted by molar-refractivity contribution is 7.11. The van der Waals surface area contributed by atoms with Crippen molar-refractivity contribution in [3.05, 3.63) is 51.6 Å². The second-order valence-electron chi connectivity index (χ2n) is 5.13. The Bertz CT molecular complexity index is 803. The molecule has 3 aromatic rings. The fourth-order valence-electron chi connectivity index (χ4n) is 2.55. The van der Waals surface area contributed by atoms with Crippen LogP contribution in [0, 0.1) is 13.8 Å². The molecule has 1 amide bonds. The smallest absolute Gasteiger partial charge is 0.253 e. The van der Waals surface area contributed by atoms with Crippen molar-refractivity contribution in [3.8, 4) is 0 Å². The minimum Gasteiger partial charge on any atom is -0.360 e. The van der Waals surface area contributed by atoms with Crippen molar-refractivity contribution >= 4 is 28.1 Å². The molecule has 0 aliphatic carbocycles. The van der Waals surface area contributed by atoms with Crippen molar-refractivity contribution in [1.82, 2.24) is 15.3 Å². The van der Waals surface area contributed by atoms with Crippen molar-refractivity contribution in [2.75, 3.05) is 0 Å². The van der Waals surface area contributed by atoms with Crippen molar-refractivity contribution in [3.63, 3.8) is 0 Å². The van der Waals surface area contributed by atoms with E-state index in [2.05, 4.69) is 15.3 Å². The second-order valence-corrected chi connectivity index (χ2v) is 6.36. The molecule has 3 rings (SSSR count). The van der Waals surface area contributed by atoms with Gasteiger partial charge in [-0.3, -0.25) is 4.79 Å². The van der Waals surface area contributed by atoms with Gasteiger partial charge in [0.25, 0.3) is 5.91 Å². The third kappa shape index (κ3) is 2.56. The number of nitrogens with one attached hydrogen (secondary N) is 2. The molecule has 4 nitrogen and oxygen atoms in total. The van der Waals surface area contributed by atoms with Gasteiger partial charge in [-0.15, -0.1) is 11.3 Å². The zero-order valence-electron chi connectivity index (χ0n) is 12.2. The zero-order chi connectivity index (χ0) is 15.0. The van der Waals surface area contributed by atoms with Gasteiger partial charge in [0.05, 0.1) is 22.3 Å². The van der Waals surface area contributed by atoms with E-state index in [9.17, 15) is 4.79 Å². The lowest BCUT2D eigenvalue weighted by Gasteiger charge is -2.12. The number of hydrogen-bond acceptors (Lipinski definition) is 3. The first kappa shape index (κ1) is 13.8. The lowest BCUT2D eigenvalue weighted by molar-refractivity contribution is 0.0942. The summed E-state index contributed by atoms with van der Waals surface area (Å²) in [6, 6.07) is 7.76. The number of carbonyl (C=O) groups excluding carboxylic acids is 1. The van der Waals surface area contributed by atoms with Gasteiger partial charge in [0.15, 0.2) is 0 Å². The normalized spacial score (nSPS) is 12.5. The molecule has 2 heterocycles. The average molecular weight is 299 g/mol. The standard InChI is InChI=1S/C16H17N3OS/c1-9-15(21-11(3)18-9)10(2)19-16(20)13-8-17-14-7-5-4-6-12(13)14/h4-8,10,17H,1-3H3,(H,19,20). The molecule has 0 spiro atoms. The number of thiazole rings is 1. The first-order valence-electron chi connectivity index (χ1n) is 6.87. The molecule has 21 heavy (non-hydrogen) atoms. The Balaban J connectivity index is 1.84. The molecule has 108 valence electrons. The molecule has 0 fully saturated rings. The van der Waals surface area contributed by atoms with Crippen LogP contribution in [0.1, 0.15) is 38.9 Å². The number of hydrogen-bond donors (Lipinski definition) is 2. The fraction of sp³-hybridized carbons (Fsp3) is 0.250. The summed E-state index contributed by atoms with van der Waals surface area (Å²) < 4.78 is 0. The Labute approximate surface area is 127 Å². The van der Waals surface area contributed by atoms with Crippen molar-refractivity contribution in [1.29, 1.82) is 0 Å². The number of aromatic nitrogens is 2. The zero-order valence-corrected chi connectivity index (χ0v) is 13.0. The number of aromatic amines is 1. The lowest BCUT2D eigenvalue weighted by Crippen LogP contribution is -2.26. The van der Waals surface area contributed by atoms with E-state index in [4.69, 9.17) is 0 Å². The van der Waals surface area contributed by atoms with Crippen LogP contribution >= 0.6 is 11.3 Å². The Morgan fingerprint density at radius 1 is 1.33 bits per heavy atom. The average Bonchev–Trinajstić information content (AvgIpc) is 3.01. The van der Waals surface area contributed by atoms with Crippen molar-refractivity contribution in [2.24, 2.45) is 0 Å². The van der Waals surface area contributed by atoms with Crippen LogP contribution in [0.2, 0.25) is 0 Å². The van der Waals surface area contributed by atoms with Crippen molar-refractivity contribution in [2.45, 2.75) is 26.8 Å². The summed E-state index contributed by atoms with van der Waals surface area (Å²) in [5.41, 5.74) is 2.64. The minimum absolute atomic E-state index is 0.0441. The number of benzene rings is 1. The van der Waals surface area contributed by atoms with E-state index in [1.54, 1.807) is 17.5 Å². The van der Waals surface area contributed by atoms with Gasteiger partial charge in [-0.1, -0.05) is 18.2 Å². The Morgan fingerprint density at radius 2 is 2.10 bits per heavy atom. The number of carbonyl (C=O) groups is 1. The fourth-order valence-corrected chi connectivity index (χ4v) is 3.48. The molecule has 1 atom stereocenters. The first-order valence-corrected chi connectivity index (χ1v) is 7.69. The Morgan fingerprint density at radius 3 is 2.81 bits per heavy atom. The summed E-state index contributed by atoms with van der Waals surface area (Å²) in [7, 11) is 0. The van der Waals surface area contributed by atoms with Crippen LogP contribution in [0.15, 0.2) is 30.5 Å². The minimum atomic E-state index is -0.0644. The molecule has 1 aromatic carbocycles. The maximum Gasteiger partial charge on any atom is 0.253 e. The van der Waals surface area contributed by atoms with Gasteiger partial charge in [0, 0.05) is 22.0 Å². The van der Waals surface area contributed by atoms with E-state index in [0.717, 1.165) is 26.5 Å². The molecular formula is C16H17N3OS. The summed E-state index contributed by atoms with van der Waals surface area (Å²) in [5.74, 6) is -0.0644.